The van der Waals surface area contributed by atoms with Gasteiger partial charge in [-0.1, -0.05) is 44.2 Å². The Morgan fingerprint density at radius 1 is 1.21 bits per heavy atom. The Labute approximate surface area is 112 Å². The van der Waals surface area contributed by atoms with Gasteiger partial charge in [0.05, 0.1) is 25.0 Å². The molecule has 2 aromatic rings. The maximum Gasteiger partial charge on any atom is 0.223 e. The molecule has 100 valence electrons. The Hall–Kier alpha value is -2.17. The van der Waals surface area contributed by atoms with Crippen molar-refractivity contribution in [1.82, 2.24) is 20.3 Å². The Balaban J connectivity index is 2.16. The van der Waals surface area contributed by atoms with E-state index in [2.05, 4.69) is 15.5 Å². The minimum Gasteiger partial charge on any atom is -0.347 e. The number of carbonyl (C=O) groups is 1. The lowest BCUT2D eigenvalue weighted by atomic mass is 10.1. The number of hydrogen-bond acceptors (Lipinski definition) is 3. The van der Waals surface area contributed by atoms with Crippen molar-refractivity contribution in [2.75, 3.05) is 0 Å². The normalized spacial score (nSPS) is 12.4. The molecule has 1 atom stereocenters. The van der Waals surface area contributed by atoms with E-state index in [0.29, 0.717) is 6.54 Å². The Morgan fingerprint density at radius 3 is 2.42 bits per heavy atom. The van der Waals surface area contributed by atoms with Gasteiger partial charge in [0.15, 0.2) is 0 Å². The topological polar surface area (TPSA) is 59.8 Å². The van der Waals surface area contributed by atoms with Gasteiger partial charge in [0.1, 0.15) is 0 Å². The number of amides is 1. The van der Waals surface area contributed by atoms with E-state index in [1.54, 1.807) is 17.2 Å². The second kappa shape index (κ2) is 6.13. The molecule has 0 aliphatic rings. The number of nitrogens with one attached hydrogen (secondary N) is 1. The highest BCUT2D eigenvalue weighted by Crippen LogP contribution is 2.15. The van der Waals surface area contributed by atoms with Crippen LogP contribution in [0.1, 0.15) is 25.5 Å². The highest BCUT2D eigenvalue weighted by molar-refractivity contribution is 5.78. The van der Waals surface area contributed by atoms with Crippen molar-refractivity contribution >= 4 is 5.91 Å². The Kier molecular flexibility index (Phi) is 4.28. The summed E-state index contributed by atoms with van der Waals surface area (Å²) in [5.74, 6) is -0.0159. The third-order valence-electron chi connectivity index (χ3n) is 2.86. The molecule has 0 aliphatic heterocycles. The first-order valence-corrected chi connectivity index (χ1v) is 6.36. The largest absolute Gasteiger partial charge is 0.347 e. The van der Waals surface area contributed by atoms with Gasteiger partial charge in [-0.15, -0.1) is 0 Å². The average Bonchev–Trinajstić information content (AvgIpc) is 2.91. The minimum atomic E-state index is -0.122. The standard InChI is InChI=1S/C14H18N4O/c1-11(2)14(19)17-13(10-18-15-8-9-16-18)12-6-4-3-5-7-12/h3-9,11,13H,10H2,1-2H3,(H,17,19). The van der Waals surface area contributed by atoms with E-state index in [0.717, 1.165) is 5.56 Å². The van der Waals surface area contributed by atoms with Gasteiger partial charge in [0, 0.05) is 5.92 Å². The van der Waals surface area contributed by atoms with E-state index < -0.39 is 0 Å². The van der Waals surface area contributed by atoms with Crippen LogP contribution in [0.3, 0.4) is 0 Å². The third kappa shape index (κ3) is 3.64. The fourth-order valence-corrected chi connectivity index (χ4v) is 1.76. The maximum absolute atomic E-state index is 11.9. The van der Waals surface area contributed by atoms with Crippen molar-refractivity contribution < 1.29 is 4.79 Å². The zero-order valence-electron chi connectivity index (χ0n) is 11.2. The molecule has 0 saturated carbocycles. The summed E-state index contributed by atoms with van der Waals surface area (Å²) in [5, 5.41) is 11.2. The second-order valence-corrected chi connectivity index (χ2v) is 4.71. The molecule has 0 bridgehead atoms. The van der Waals surface area contributed by atoms with Crippen LogP contribution < -0.4 is 5.32 Å². The van der Waals surface area contributed by atoms with Gasteiger partial charge < -0.3 is 5.32 Å². The summed E-state index contributed by atoms with van der Waals surface area (Å²) in [6.07, 6.45) is 3.26. The third-order valence-corrected chi connectivity index (χ3v) is 2.86. The number of aromatic nitrogens is 3. The molecule has 5 nitrogen and oxygen atoms in total. The molecule has 5 heteroatoms. The van der Waals surface area contributed by atoms with Crippen molar-refractivity contribution in [3.05, 3.63) is 48.3 Å². The number of hydrogen-bond donors (Lipinski definition) is 1. The van der Waals surface area contributed by atoms with Crippen molar-refractivity contribution in [2.24, 2.45) is 5.92 Å². The molecule has 0 fully saturated rings. The number of benzene rings is 1. The number of carbonyl (C=O) groups excluding carboxylic acids is 1. The zero-order chi connectivity index (χ0) is 13.7. The molecule has 2 rings (SSSR count). The SMILES string of the molecule is CC(C)C(=O)NC(Cn1nccn1)c1ccccc1. The van der Waals surface area contributed by atoms with Gasteiger partial charge in [-0.3, -0.25) is 4.79 Å². The summed E-state index contributed by atoms with van der Waals surface area (Å²) in [7, 11) is 0. The van der Waals surface area contributed by atoms with Crippen LogP contribution in [0, 0.1) is 5.92 Å². The summed E-state index contributed by atoms with van der Waals surface area (Å²) in [6, 6.07) is 9.74. The molecule has 0 saturated heterocycles. The van der Waals surface area contributed by atoms with Crippen LogP contribution in [0.25, 0.3) is 0 Å². The highest BCUT2D eigenvalue weighted by atomic mass is 16.1. The van der Waals surface area contributed by atoms with Crippen LogP contribution in [-0.4, -0.2) is 20.9 Å². The molecule has 1 aromatic heterocycles. The molecule has 0 spiro atoms. The Bertz CT molecular complexity index is 508. The summed E-state index contributed by atoms with van der Waals surface area (Å²) in [5.41, 5.74) is 1.05. The molecular weight excluding hydrogens is 240 g/mol. The lowest BCUT2D eigenvalue weighted by Crippen LogP contribution is -2.34. The summed E-state index contributed by atoms with van der Waals surface area (Å²) in [4.78, 5) is 13.5. The fraction of sp³-hybridized carbons (Fsp3) is 0.357. The van der Waals surface area contributed by atoms with Gasteiger partial charge in [0.2, 0.25) is 5.91 Å². The van der Waals surface area contributed by atoms with Crippen LogP contribution in [0.5, 0.6) is 0 Å². The highest BCUT2D eigenvalue weighted by Gasteiger charge is 2.17. The number of rotatable bonds is 5. The first-order valence-electron chi connectivity index (χ1n) is 6.36. The smallest absolute Gasteiger partial charge is 0.223 e. The molecule has 19 heavy (non-hydrogen) atoms. The Morgan fingerprint density at radius 2 is 1.84 bits per heavy atom. The van der Waals surface area contributed by atoms with Crippen LogP contribution in [0.15, 0.2) is 42.7 Å². The van der Waals surface area contributed by atoms with E-state index in [1.165, 1.54) is 0 Å². The van der Waals surface area contributed by atoms with Crippen LogP contribution in [-0.2, 0) is 11.3 Å². The second-order valence-electron chi connectivity index (χ2n) is 4.71. The van der Waals surface area contributed by atoms with Crippen molar-refractivity contribution in [3.8, 4) is 0 Å². The van der Waals surface area contributed by atoms with E-state index in [1.807, 2.05) is 44.2 Å². The first kappa shape index (κ1) is 13.3. The molecule has 0 radical (unpaired) electrons. The molecule has 1 amide bonds. The van der Waals surface area contributed by atoms with Gasteiger partial charge in [-0.25, -0.2) is 0 Å². The predicted molar refractivity (Wildman–Crippen MR) is 72.2 cm³/mol. The van der Waals surface area contributed by atoms with Crippen molar-refractivity contribution in [3.63, 3.8) is 0 Å². The maximum atomic E-state index is 11.9. The molecule has 1 heterocycles. The molecule has 1 unspecified atom stereocenters. The van der Waals surface area contributed by atoms with Crippen molar-refractivity contribution in [1.29, 1.82) is 0 Å². The fourth-order valence-electron chi connectivity index (χ4n) is 1.76. The molecule has 0 aliphatic carbocycles. The monoisotopic (exact) mass is 258 g/mol. The van der Waals surface area contributed by atoms with Gasteiger partial charge in [-0.2, -0.15) is 15.0 Å². The van der Waals surface area contributed by atoms with E-state index >= 15 is 0 Å². The molecule has 1 N–H and O–H groups in total. The van der Waals surface area contributed by atoms with Gasteiger partial charge in [0.25, 0.3) is 0 Å². The first-order chi connectivity index (χ1) is 9.16. The van der Waals surface area contributed by atoms with Gasteiger partial charge in [-0.05, 0) is 5.56 Å². The lowest BCUT2D eigenvalue weighted by Gasteiger charge is -2.20. The van der Waals surface area contributed by atoms with Crippen LogP contribution >= 0.6 is 0 Å². The summed E-state index contributed by atoms with van der Waals surface area (Å²) < 4.78 is 0. The summed E-state index contributed by atoms with van der Waals surface area (Å²) in [6.45, 7) is 4.28. The van der Waals surface area contributed by atoms with Crippen LogP contribution in [0.2, 0.25) is 0 Å². The molecule has 1 aromatic carbocycles. The van der Waals surface area contributed by atoms with E-state index in [9.17, 15) is 4.79 Å². The average molecular weight is 258 g/mol. The lowest BCUT2D eigenvalue weighted by molar-refractivity contribution is -0.124. The predicted octanol–water partition coefficient (Wildman–Crippen LogP) is 1.79. The van der Waals surface area contributed by atoms with E-state index in [4.69, 9.17) is 0 Å². The number of nitrogens with zero attached hydrogens (tertiary/aromatic N) is 3. The summed E-state index contributed by atoms with van der Waals surface area (Å²) >= 11 is 0. The quantitative estimate of drug-likeness (QED) is 0.889. The zero-order valence-corrected chi connectivity index (χ0v) is 11.2. The molecular formula is C14H18N4O. The van der Waals surface area contributed by atoms with Crippen molar-refractivity contribution in [2.45, 2.75) is 26.4 Å². The van der Waals surface area contributed by atoms with Crippen LogP contribution in [0.4, 0.5) is 0 Å². The van der Waals surface area contributed by atoms with Gasteiger partial charge >= 0.3 is 0 Å². The minimum absolute atomic E-state index is 0.0287. The van der Waals surface area contributed by atoms with E-state index in [-0.39, 0.29) is 17.9 Å².